The number of aryl methyl sites for hydroxylation is 2. The van der Waals surface area contributed by atoms with Gasteiger partial charge in [0.15, 0.2) is 0 Å². The van der Waals surface area contributed by atoms with E-state index in [9.17, 15) is 4.79 Å². The standard InChI is InChI=1S/C13H17N3O2/c1-9-4-5-11-10(7-9)3-2-6-16(11)13(17)8-12(14)15-18/h4-5,7,18H,2-3,6,8H2,1H3,(H2,14,15). The molecule has 1 aliphatic heterocycles. The molecule has 1 aromatic rings. The van der Waals surface area contributed by atoms with Crippen LogP contribution in [0.2, 0.25) is 0 Å². The number of carbonyl (C=O) groups is 1. The minimum Gasteiger partial charge on any atom is -0.409 e. The van der Waals surface area contributed by atoms with E-state index < -0.39 is 0 Å². The number of anilines is 1. The molecule has 0 aliphatic carbocycles. The predicted molar refractivity (Wildman–Crippen MR) is 69.9 cm³/mol. The monoisotopic (exact) mass is 247 g/mol. The molecule has 0 radical (unpaired) electrons. The van der Waals surface area contributed by atoms with Crippen LogP contribution in [-0.4, -0.2) is 23.5 Å². The van der Waals surface area contributed by atoms with Crippen molar-refractivity contribution >= 4 is 17.4 Å². The molecule has 1 aromatic carbocycles. The Morgan fingerprint density at radius 2 is 2.33 bits per heavy atom. The molecule has 0 saturated carbocycles. The molecule has 2 rings (SSSR count). The Bertz CT molecular complexity index is 497. The third-order valence-electron chi connectivity index (χ3n) is 3.12. The first-order valence-electron chi connectivity index (χ1n) is 5.98. The van der Waals surface area contributed by atoms with E-state index in [1.165, 1.54) is 11.1 Å². The Morgan fingerprint density at radius 3 is 3.06 bits per heavy atom. The highest BCUT2D eigenvalue weighted by molar-refractivity contribution is 6.06. The summed E-state index contributed by atoms with van der Waals surface area (Å²) >= 11 is 0. The van der Waals surface area contributed by atoms with Gasteiger partial charge in [0.25, 0.3) is 0 Å². The van der Waals surface area contributed by atoms with Gasteiger partial charge in [0, 0.05) is 12.2 Å². The lowest BCUT2D eigenvalue weighted by atomic mass is 9.99. The topological polar surface area (TPSA) is 78.9 Å². The van der Waals surface area contributed by atoms with E-state index >= 15 is 0 Å². The van der Waals surface area contributed by atoms with Crippen molar-refractivity contribution in [3.63, 3.8) is 0 Å². The molecule has 1 aliphatic rings. The highest BCUT2D eigenvalue weighted by Crippen LogP contribution is 2.28. The summed E-state index contributed by atoms with van der Waals surface area (Å²) in [5, 5.41) is 11.3. The number of nitrogens with two attached hydrogens (primary N) is 1. The summed E-state index contributed by atoms with van der Waals surface area (Å²) in [4.78, 5) is 13.8. The van der Waals surface area contributed by atoms with Crippen molar-refractivity contribution in [3.8, 4) is 0 Å². The van der Waals surface area contributed by atoms with Gasteiger partial charge in [0.2, 0.25) is 5.91 Å². The van der Waals surface area contributed by atoms with E-state index in [0.29, 0.717) is 6.54 Å². The first-order chi connectivity index (χ1) is 8.61. The zero-order chi connectivity index (χ0) is 13.1. The van der Waals surface area contributed by atoms with Crippen LogP contribution in [0.1, 0.15) is 24.0 Å². The Morgan fingerprint density at radius 1 is 1.56 bits per heavy atom. The van der Waals surface area contributed by atoms with Gasteiger partial charge in [0.1, 0.15) is 5.84 Å². The molecule has 18 heavy (non-hydrogen) atoms. The molecule has 96 valence electrons. The van der Waals surface area contributed by atoms with Gasteiger partial charge in [-0.1, -0.05) is 22.9 Å². The maximum absolute atomic E-state index is 12.1. The number of benzene rings is 1. The third-order valence-corrected chi connectivity index (χ3v) is 3.12. The Labute approximate surface area is 106 Å². The summed E-state index contributed by atoms with van der Waals surface area (Å²) in [5.74, 6) is -0.186. The van der Waals surface area contributed by atoms with Crippen LogP contribution in [0.4, 0.5) is 5.69 Å². The van der Waals surface area contributed by atoms with Crippen molar-refractivity contribution in [2.75, 3.05) is 11.4 Å². The third kappa shape index (κ3) is 2.45. The molecule has 0 bridgehead atoms. The number of amidine groups is 1. The molecule has 0 atom stereocenters. The smallest absolute Gasteiger partial charge is 0.234 e. The van der Waals surface area contributed by atoms with Crippen LogP contribution in [0.3, 0.4) is 0 Å². The Kier molecular flexibility index (Phi) is 3.50. The molecule has 1 amide bonds. The van der Waals surface area contributed by atoms with E-state index in [1.54, 1.807) is 4.90 Å². The van der Waals surface area contributed by atoms with Crippen LogP contribution in [0, 0.1) is 6.92 Å². The zero-order valence-electron chi connectivity index (χ0n) is 10.4. The number of rotatable bonds is 2. The van der Waals surface area contributed by atoms with Gasteiger partial charge in [0.05, 0.1) is 6.42 Å². The van der Waals surface area contributed by atoms with Gasteiger partial charge in [-0.2, -0.15) is 0 Å². The summed E-state index contributed by atoms with van der Waals surface area (Å²) in [6.07, 6.45) is 1.88. The second-order valence-corrected chi connectivity index (χ2v) is 4.55. The molecule has 0 saturated heterocycles. The lowest BCUT2D eigenvalue weighted by Gasteiger charge is -2.29. The quantitative estimate of drug-likeness (QED) is 0.359. The average molecular weight is 247 g/mol. The number of carbonyl (C=O) groups excluding carboxylic acids is 1. The number of oxime groups is 1. The van der Waals surface area contributed by atoms with Crippen molar-refractivity contribution < 1.29 is 10.0 Å². The summed E-state index contributed by atoms with van der Waals surface area (Å²) in [6, 6.07) is 6.07. The molecular formula is C13H17N3O2. The highest BCUT2D eigenvalue weighted by atomic mass is 16.4. The van der Waals surface area contributed by atoms with Gasteiger partial charge in [-0.15, -0.1) is 0 Å². The van der Waals surface area contributed by atoms with Crippen molar-refractivity contribution in [1.29, 1.82) is 0 Å². The molecule has 0 aromatic heterocycles. The van der Waals surface area contributed by atoms with Crippen molar-refractivity contribution in [1.82, 2.24) is 0 Å². The molecule has 1 heterocycles. The molecule has 5 nitrogen and oxygen atoms in total. The molecule has 0 spiro atoms. The van der Waals surface area contributed by atoms with Crippen LogP contribution >= 0.6 is 0 Å². The largest absolute Gasteiger partial charge is 0.409 e. The second kappa shape index (κ2) is 5.08. The van der Waals surface area contributed by atoms with E-state index in [2.05, 4.69) is 11.2 Å². The molecule has 3 N–H and O–H groups in total. The molecular weight excluding hydrogens is 230 g/mol. The van der Waals surface area contributed by atoms with Gasteiger partial charge >= 0.3 is 0 Å². The first-order valence-corrected chi connectivity index (χ1v) is 5.98. The van der Waals surface area contributed by atoms with Gasteiger partial charge in [-0.25, -0.2) is 0 Å². The molecule has 5 heteroatoms. The fraction of sp³-hybridized carbons (Fsp3) is 0.385. The van der Waals surface area contributed by atoms with E-state index in [1.807, 2.05) is 19.1 Å². The lowest BCUT2D eigenvalue weighted by Crippen LogP contribution is -2.37. The van der Waals surface area contributed by atoms with Gasteiger partial charge < -0.3 is 15.8 Å². The van der Waals surface area contributed by atoms with Crippen molar-refractivity contribution in [2.45, 2.75) is 26.2 Å². The Balaban J connectivity index is 2.24. The lowest BCUT2D eigenvalue weighted by molar-refractivity contribution is -0.117. The zero-order valence-corrected chi connectivity index (χ0v) is 10.4. The predicted octanol–water partition coefficient (Wildman–Crippen LogP) is 1.41. The van der Waals surface area contributed by atoms with Gasteiger partial charge in [-0.05, 0) is 31.4 Å². The van der Waals surface area contributed by atoms with E-state index in [-0.39, 0.29) is 18.2 Å². The summed E-state index contributed by atoms with van der Waals surface area (Å²) in [6.45, 7) is 2.73. The highest BCUT2D eigenvalue weighted by Gasteiger charge is 2.22. The van der Waals surface area contributed by atoms with Crippen LogP contribution < -0.4 is 10.6 Å². The first kappa shape index (κ1) is 12.4. The van der Waals surface area contributed by atoms with Crippen LogP contribution in [0.25, 0.3) is 0 Å². The number of hydrogen-bond acceptors (Lipinski definition) is 3. The Hall–Kier alpha value is -2.04. The fourth-order valence-corrected chi connectivity index (χ4v) is 2.27. The number of hydrogen-bond donors (Lipinski definition) is 2. The van der Waals surface area contributed by atoms with Crippen LogP contribution in [0.5, 0.6) is 0 Å². The number of amides is 1. The summed E-state index contributed by atoms with van der Waals surface area (Å²) in [5.41, 5.74) is 8.71. The summed E-state index contributed by atoms with van der Waals surface area (Å²) in [7, 11) is 0. The normalized spacial score (nSPS) is 15.4. The molecule has 0 unspecified atom stereocenters. The fourth-order valence-electron chi connectivity index (χ4n) is 2.27. The van der Waals surface area contributed by atoms with E-state index in [4.69, 9.17) is 10.9 Å². The van der Waals surface area contributed by atoms with Crippen LogP contribution in [-0.2, 0) is 11.2 Å². The average Bonchev–Trinajstić information content (AvgIpc) is 2.37. The summed E-state index contributed by atoms with van der Waals surface area (Å²) < 4.78 is 0. The minimum atomic E-state index is -0.130. The van der Waals surface area contributed by atoms with Crippen molar-refractivity contribution in [2.24, 2.45) is 10.9 Å². The number of nitrogens with zero attached hydrogens (tertiary/aromatic N) is 2. The molecule has 0 fully saturated rings. The van der Waals surface area contributed by atoms with Crippen molar-refractivity contribution in [3.05, 3.63) is 29.3 Å². The minimum absolute atomic E-state index is 0.0518. The van der Waals surface area contributed by atoms with Gasteiger partial charge in [-0.3, -0.25) is 4.79 Å². The number of fused-ring (bicyclic) bond motifs is 1. The maximum Gasteiger partial charge on any atom is 0.234 e. The van der Waals surface area contributed by atoms with Crippen LogP contribution in [0.15, 0.2) is 23.4 Å². The van der Waals surface area contributed by atoms with E-state index in [0.717, 1.165) is 18.5 Å². The maximum atomic E-state index is 12.1. The SMILES string of the molecule is Cc1ccc2c(c1)CCCN2C(=O)C/C(N)=N/O. The second-order valence-electron chi connectivity index (χ2n) is 4.55.